The fourth-order valence-electron chi connectivity index (χ4n) is 2.84. The summed E-state index contributed by atoms with van der Waals surface area (Å²) in [4.78, 5) is 24.8. The van der Waals surface area contributed by atoms with Crippen molar-refractivity contribution in [3.05, 3.63) is 54.1 Å². The Bertz CT molecular complexity index is 853. The quantitative estimate of drug-likeness (QED) is 0.362. The number of amides is 2. The summed E-state index contributed by atoms with van der Waals surface area (Å²) in [5, 5.41) is 8.66. The first-order valence-corrected chi connectivity index (χ1v) is 10.7. The number of rotatable bonds is 10. The molecule has 0 aliphatic carbocycles. The van der Waals surface area contributed by atoms with E-state index in [2.05, 4.69) is 22.9 Å². The topological polar surface area (TPSA) is 79.5 Å². The van der Waals surface area contributed by atoms with E-state index in [1.54, 1.807) is 48.5 Å². The van der Waals surface area contributed by atoms with Gasteiger partial charge in [0.15, 0.2) is 5.11 Å². The second-order valence-corrected chi connectivity index (χ2v) is 7.18. The molecule has 0 atom stereocenters. The third kappa shape index (κ3) is 7.83. The Kier molecular flexibility index (Phi) is 9.80. The van der Waals surface area contributed by atoms with E-state index in [1.165, 1.54) is 0 Å². The molecule has 0 heterocycles. The Morgan fingerprint density at radius 3 is 2.37 bits per heavy atom. The first kappa shape index (κ1) is 23.3. The van der Waals surface area contributed by atoms with Crippen molar-refractivity contribution < 1.29 is 14.3 Å². The molecule has 2 amide bonds. The van der Waals surface area contributed by atoms with Crippen LogP contribution in [0.25, 0.3) is 0 Å². The summed E-state index contributed by atoms with van der Waals surface area (Å²) in [6.45, 7) is 4.63. The number of unbranched alkanes of at least 4 members (excludes halogenated alkanes) is 3. The van der Waals surface area contributed by atoms with E-state index < -0.39 is 0 Å². The fourth-order valence-corrected chi connectivity index (χ4v) is 3.07. The van der Waals surface area contributed by atoms with Gasteiger partial charge in [0.25, 0.3) is 5.91 Å². The van der Waals surface area contributed by atoms with Crippen molar-refractivity contribution in [2.24, 2.45) is 0 Å². The molecule has 0 fully saturated rings. The van der Waals surface area contributed by atoms with Gasteiger partial charge in [-0.3, -0.25) is 9.59 Å². The molecular weight excluding hydrogens is 398 g/mol. The van der Waals surface area contributed by atoms with Crippen LogP contribution < -0.4 is 20.7 Å². The predicted molar refractivity (Wildman–Crippen MR) is 125 cm³/mol. The first-order chi connectivity index (χ1) is 14.5. The van der Waals surface area contributed by atoms with Crippen LogP contribution in [-0.4, -0.2) is 23.5 Å². The number of carbonyl (C=O) groups excluding carboxylic acids is 2. The second kappa shape index (κ2) is 12.6. The lowest BCUT2D eigenvalue weighted by atomic mass is 10.1. The van der Waals surface area contributed by atoms with E-state index in [0.29, 0.717) is 30.0 Å². The highest BCUT2D eigenvalue weighted by atomic mass is 32.1. The van der Waals surface area contributed by atoms with Crippen LogP contribution >= 0.6 is 12.2 Å². The SMILES string of the molecule is CCCCCCC(=O)NC(=S)Nc1ccccc1C(=O)Nc1ccc(OCC)cc1. The normalized spacial score (nSPS) is 10.2. The minimum absolute atomic E-state index is 0.125. The molecule has 6 nitrogen and oxygen atoms in total. The van der Waals surface area contributed by atoms with Crippen LogP contribution in [0.5, 0.6) is 5.75 Å². The van der Waals surface area contributed by atoms with Crippen molar-refractivity contribution in [1.82, 2.24) is 5.32 Å². The zero-order valence-electron chi connectivity index (χ0n) is 17.5. The van der Waals surface area contributed by atoms with Crippen LogP contribution in [0, 0.1) is 0 Å². The number of para-hydroxylation sites is 1. The van der Waals surface area contributed by atoms with Gasteiger partial charge in [-0.05, 0) is 62.0 Å². The molecule has 160 valence electrons. The maximum absolute atomic E-state index is 12.7. The standard InChI is InChI=1S/C23H29N3O3S/c1-3-5-6-7-12-21(27)26-23(30)25-20-11-9-8-10-19(20)22(28)24-17-13-15-18(16-14-17)29-4-2/h8-11,13-16H,3-7,12H2,1-2H3,(H,24,28)(H2,25,26,27,30). The number of hydrogen-bond acceptors (Lipinski definition) is 4. The lowest BCUT2D eigenvalue weighted by molar-refractivity contribution is -0.119. The second-order valence-electron chi connectivity index (χ2n) is 6.77. The fraction of sp³-hybridized carbons (Fsp3) is 0.348. The van der Waals surface area contributed by atoms with E-state index in [0.717, 1.165) is 31.4 Å². The molecule has 0 unspecified atom stereocenters. The highest BCUT2D eigenvalue weighted by Gasteiger charge is 2.13. The van der Waals surface area contributed by atoms with Crippen LogP contribution in [0.15, 0.2) is 48.5 Å². The molecule has 0 saturated carbocycles. The van der Waals surface area contributed by atoms with Crippen molar-refractivity contribution in [2.75, 3.05) is 17.2 Å². The minimum atomic E-state index is -0.282. The third-order valence-corrected chi connectivity index (χ3v) is 4.56. The number of benzene rings is 2. The van der Waals surface area contributed by atoms with Gasteiger partial charge in [0.2, 0.25) is 5.91 Å². The Labute approximate surface area is 183 Å². The van der Waals surface area contributed by atoms with Crippen molar-refractivity contribution in [1.29, 1.82) is 0 Å². The average Bonchev–Trinajstić information content (AvgIpc) is 2.73. The molecule has 2 rings (SSSR count). The van der Waals surface area contributed by atoms with Crippen LogP contribution in [0.2, 0.25) is 0 Å². The molecule has 0 aliphatic rings. The van der Waals surface area contributed by atoms with Crippen molar-refractivity contribution >= 4 is 40.5 Å². The van der Waals surface area contributed by atoms with Crippen molar-refractivity contribution in [2.45, 2.75) is 46.0 Å². The summed E-state index contributed by atoms with van der Waals surface area (Å²) < 4.78 is 5.41. The molecule has 3 N–H and O–H groups in total. The molecule has 0 bridgehead atoms. The van der Waals surface area contributed by atoms with Gasteiger partial charge in [-0.2, -0.15) is 0 Å². The Balaban J connectivity index is 1.95. The summed E-state index contributed by atoms with van der Waals surface area (Å²) in [5.41, 5.74) is 1.60. The maximum Gasteiger partial charge on any atom is 0.257 e. The smallest absolute Gasteiger partial charge is 0.257 e. The molecule has 30 heavy (non-hydrogen) atoms. The molecule has 0 aromatic heterocycles. The first-order valence-electron chi connectivity index (χ1n) is 10.3. The van der Waals surface area contributed by atoms with Gasteiger partial charge in [-0.15, -0.1) is 0 Å². The summed E-state index contributed by atoms with van der Waals surface area (Å²) in [5.74, 6) is 0.337. The van der Waals surface area contributed by atoms with Gasteiger partial charge in [0.1, 0.15) is 5.75 Å². The molecule has 2 aromatic rings. The van der Waals surface area contributed by atoms with Crippen LogP contribution in [0.4, 0.5) is 11.4 Å². The van der Waals surface area contributed by atoms with Crippen LogP contribution in [0.1, 0.15) is 56.3 Å². The third-order valence-electron chi connectivity index (χ3n) is 4.35. The minimum Gasteiger partial charge on any atom is -0.494 e. The molecule has 7 heteroatoms. The molecule has 0 aliphatic heterocycles. The number of thiocarbonyl (C=S) groups is 1. The van der Waals surface area contributed by atoms with Gasteiger partial charge in [-0.1, -0.05) is 38.3 Å². The van der Waals surface area contributed by atoms with Gasteiger partial charge in [0.05, 0.1) is 17.9 Å². The van der Waals surface area contributed by atoms with E-state index in [9.17, 15) is 9.59 Å². The van der Waals surface area contributed by atoms with E-state index in [4.69, 9.17) is 17.0 Å². The summed E-state index contributed by atoms with van der Waals surface area (Å²) in [7, 11) is 0. The van der Waals surface area contributed by atoms with Crippen LogP contribution in [-0.2, 0) is 4.79 Å². The Morgan fingerprint density at radius 1 is 0.933 bits per heavy atom. The lowest BCUT2D eigenvalue weighted by Crippen LogP contribution is -2.34. The zero-order chi connectivity index (χ0) is 21.8. The molecule has 0 spiro atoms. The average molecular weight is 428 g/mol. The Hall–Kier alpha value is -2.93. The monoisotopic (exact) mass is 427 g/mol. The van der Waals surface area contributed by atoms with Gasteiger partial charge in [0, 0.05) is 12.1 Å². The maximum atomic E-state index is 12.7. The highest BCUT2D eigenvalue weighted by molar-refractivity contribution is 7.80. The highest BCUT2D eigenvalue weighted by Crippen LogP contribution is 2.19. The molecule has 0 radical (unpaired) electrons. The van der Waals surface area contributed by atoms with Crippen molar-refractivity contribution in [3.8, 4) is 5.75 Å². The number of nitrogens with one attached hydrogen (secondary N) is 3. The number of carbonyl (C=O) groups is 2. The molecular formula is C23H29N3O3S. The van der Waals surface area contributed by atoms with Gasteiger partial charge in [-0.25, -0.2) is 0 Å². The lowest BCUT2D eigenvalue weighted by Gasteiger charge is -2.14. The summed E-state index contributed by atoms with van der Waals surface area (Å²) in [6, 6.07) is 14.2. The summed E-state index contributed by atoms with van der Waals surface area (Å²) >= 11 is 5.24. The largest absolute Gasteiger partial charge is 0.494 e. The number of hydrogen-bond donors (Lipinski definition) is 3. The van der Waals surface area contributed by atoms with E-state index in [-0.39, 0.29) is 16.9 Å². The number of anilines is 2. The van der Waals surface area contributed by atoms with Gasteiger partial charge < -0.3 is 20.7 Å². The van der Waals surface area contributed by atoms with E-state index >= 15 is 0 Å². The van der Waals surface area contributed by atoms with Crippen molar-refractivity contribution in [3.63, 3.8) is 0 Å². The van der Waals surface area contributed by atoms with E-state index in [1.807, 2.05) is 6.92 Å². The predicted octanol–water partition coefficient (Wildman–Crippen LogP) is 5.12. The molecule has 0 saturated heterocycles. The summed E-state index contributed by atoms with van der Waals surface area (Å²) in [6.07, 6.45) is 4.54. The number of ether oxygens (including phenoxy) is 1. The van der Waals surface area contributed by atoms with Gasteiger partial charge >= 0.3 is 0 Å². The van der Waals surface area contributed by atoms with Crippen LogP contribution in [0.3, 0.4) is 0 Å². The Morgan fingerprint density at radius 2 is 1.67 bits per heavy atom. The zero-order valence-corrected chi connectivity index (χ0v) is 18.3. The molecule has 2 aromatic carbocycles.